The van der Waals surface area contributed by atoms with E-state index in [1.165, 1.54) is 0 Å². The Hall–Kier alpha value is -1.95. The molecule has 1 aromatic carbocycles. The summed E-state index contributed by atoms with van der Waals surface area (Å²) < 4.78 is 5.53. The van der Waals surface area contributed by atoms with Crippen LogP contribution in [0.15, 0.2) is 24.3 Å². The van der Waals surface area contributed by atoms with Crippen molar-refractivity contribution in [2.45, 2.75) is 77.5 Å². The lowest BCUT2D eigenvalue weighted by molar-refractivity contribution is 0.0385. The zero-order chi connectivity index (χ0) is 21.4. The third-order valence-electron chi connectivity index (χ3n) is 6.55. The zero-order valence-electron chi connectivity index (χ0n) is 17.9. The third kappa shape index (κ3) is 4.18. The normalized spacial score (nSPS) is 30.3. The second-order valence-corrected chi connectivity index (χ2v) is 9.68. The molecular weight excluding hydrogens is 390 g/mol. The van der Waals surface area contributed by atoms with Gasteiger partial charge in [-0.25, -0.2) is 9.59 Å². The predicted molar refractivity (Wildman–Crippen MR) is 115 cm³/mol. The Morgan fingerprint density at radius 1 is 1.17 bits per heavy atom. The lowest BCUT2D eigenvalue weighted by Crippen LogP contribution is -2.55. The van der Waals surface area contributed by atoms with E-state index in [0.717, 1.165) is 19.3 Å². The van der Waals surface area contributed by atoms with Crippen molar-refractivity contribution in [2.75, 3.05) is 5.32 Å². The fourth-order valence-corrected chi connectivity index (χ4v) is 5.36. The number of anilines is 1. The third-order valence-corrected chi connectivity index (χ3v) is 6.88. The Morgan fingerprint density at radius 2 is 1.86 bits per heavy atom. The second-order valence-electron chi connectivity index (χ2n) is 9.27. The number of urea groups is 1. The molecule has 29 heavy (non-hydrogen) atoms. The van der Waals surface area contributed by atoms with Gasteiger partial charge in [0.15, 0.2) is 0 Å². The summed E-state index contributed by atoms with van der Waals surface area (Å²) in [5.41, 5.74) is -0.347. The number of rotatable bonds is 5. The Kier molecular flexibility index (Phi) is 5.78. The summed E-state index contributed by atoms with van der Waals surface area (Å²) in [7, 11) is 0. The first kappa shape index (κ1) is 21.8. The minimum Gasteiger partial charge on any atom is -0.444 e. The highest BCUT2D eigenvalue weighted by Crippen LogP contribution is 2.70. The molecule has 3 rings (SSSR count). The van der Waals surface area contributed by atoms with Gasteiger partial charge in [0, 0.05) is 6.04 Å². The van der Waals surface area contributed by atoms with Gasteiger partial charge in [-0.2, -0.15) is 0 Å². The quantitative estimate of drug-likeness (QED) is 0.601. The number of ether oxygens (including phenoxy) is 1. The Labute approximate surface area is 178 Å². The number of nitrogens with one attached hydrogen (secondary N) is 3. The fourth-order valence-electron chi connectivity index (χ4n) is 5.18. The summed E-state index contributed by atoms with van der Waals surface area (Å²) in [5, 5.41) is 9.63. The van der Waals surface area contributed by atoms with E-state index in [-0.39, 0.29) is 29.1 Å². The molecule has 4 atom stereocenters. The van der Waals surface area contributed by atoms with Crippen molar-refractivity contribution in [3.8, 4) is 0 Å². The van der Waals surface area contributed by atoms with E-state index in [1.54, 1.807) is 12.1 Å². The van der Waals surface area contributed by atoms with Crippen molar-refractivity contribution in [1.82, 2.24) is 10.6 Å². The SMILES string of the molecule is CCC1(NC(=O)OC(C)(C)C)CC(NC(=O)Nc2ccccc2Cl)C2CC21CC. The topological polar surface area (TPSA) is 79.5 Å². The van der Waals surface area contributed by atoms with Crippen LogP contribution >= 0.6 is 11.6 Å². The minimum atomic E-state index is -0.549. The molecule has 2 aliphatic rings. The molecule has 160 valence electrons. The summed E-state index contributed by atoms with van der Waals surface area (Å²) in [5.74, 6) is 0.347. The van der Waals surface area contributed by atoms with E-state index < -0.39 is 5.60 Å². The van der Waals surface area contributed by atoms with Crippen LogP contribution < -0.4 is 16.0 Å². The largest absolute Gasteiger partial charge is 0.444 e. The van der Waals surface area contributed by atoms with Crippen molar-refractivity contribution in [3.05, 3.63) is 29.3 Å². The van der Waals surface area contributed by atoms with Crippen molar-refractivity contribution in [2.24, 2.45) is 11.3 Å². The molecule has 3 amide bonds. The van der Waals surface area contributed by atoms with Crippen LogP contribution in [0.25, 0.3) is 0 Å². The molecule has 0 radical (unpaired) electrons. The van der Waals surface area contributed by atoms with Gasteiger partial charge in [-0.05, 0) is 69.9 Å². The number of halogens is 1. The molecule has 2 fully saturated rings. The first-order valence-electron chi connectivity index (χ1n) is 10.4. The highest BCUT2D eigenvalue weighted by molar-refractivity contribution is 6.33. The summed E-state index contributed by atoms with van der Waals surface area (Å²) in [6, 6.07) is 6.87. The van der Waals surface area contributed by atoms with Crippen LogP contribution in [0.3, 0.4) is 0 Å². The Bertz CT molecular complexity index is 794. The highest BCUT2D eigenvalue weighted by atomic mass is 35.5. The Balaban J connectivity index is 1.71. The molecule has 0 bridgehead atoms. The van der Waals surface area contributed by atoms with Gasteiger partial charge in [0.2, 0.25) is 0 Å². The van der Waals surface area contributed by atoms with Crippen LogP contribution in [-0.2, 0) is 4.74 Å². The molecule has 3 N–H and O–H groups in total. The highest BCUT2D eigenvalue weighted by Gasteiger charge is 2.73. The number of amides is 3. The number of hydrogen-bond acceptors (Lipinski definition) is 3. The van der Waals surface area contributed by atoms with Crippen LogP contribution in [0.1, 0.15) is 60.3 Å². The molecule has 1 aromatic rings. The summed E-state index contributed by atoms with van der Waals surface area (Å²) in [4.78, 5) is 25.2. The smallest absolute Gasteiger partial charge is 0.408 e. The zero-order valence-corrected chi connectivity index (χ0v) is 18.7. The van der Waals surface area contributed by atoms with Crippen LogP contribution in [0.5, 0.6) is 0 Å². The number of carbonyl (C=O) groups excluding carboxylic acids is 2. The molecule has 0 saturated heterocycles. The first-order chi connectivity index (χ1) is 13.6. The van der Waals surface area contributed by atoms with E-state index in [2.05, 4.69) is 29.8 Å². The first-order valence-corrected chi connectivity index (χ1v) is 10.8. The molecule has 6 nitrogen and oxygen atoms in total. The van der Waals surface area contributed by atoms with E-state index >= 15 is 0 Å². The van der Waals surface area contributed by atoms with E-state index in [4.69, 9.17) is 16.3 Å². The maximum absolute atomic E-state index is 12.6. The van der Waals surface area contributed by atoms with E-state index in [0.29, 0.717) is 23.0 Å². The van der Waals surface area contributed by atoms with Gasteiger partial charge in [-0.15, -0.1) is 0 Å². The molecule has 0 spiro atoms. The molecule has 2 saturated carbocycles. The van der Waals surface area contributed by atoms with Crippen LogP contribution in [0, 0.1) is 11.3 Å². The van der Waals surface area contributed by atoms with Crippen LogP contribution in [0.4, 0.5) is 15.3 Å². The number of carbonyl (C=O) groups is 2. The van der Waals surface area contributed by atoms with E-state index in [1.807, 2.05) is 32.9 Å². The summed E-state index contributed by atoms with van der Waals surface area (Å²) >= 11 is 6.14. The predicted octanol–water partition coefficient (Wildman–Crippen LogP) is 5.32. The standard InChI is InChI=1S/C22H32ClN3O3/c1-6-21-12-14(21)17(25-18(27)24-16-11-9-8-10-15(16)23)13-22(21,7-2)26-19(28)29-20(3,4)5/h8-11,14,17H,6-7,12-13H2,1-5H3,(H,26,28)(H2,24,25,27). The van der Waals surface area contributed by atoms with Crippen LogP contribution in [-0.4, -0.2) is 29.3 Å². The van der Waals surface area contributed by atoms with Crippen molar-refractivity contribution in [3.63, 3.8) is 0 Å². The molecule has 0 aromatic heterocycles. The fraction of sp³-hybridized carbons (Fsp3) is 0.636. The van der Waals surface area contributed by atoms with Gasteiger partial charge in [0.1, 0.15) is 5.60 Å². The molecular formula is C22H32ClN3O3. The molecule has 0 aliphatic heterocycles. The van der Waals surface area contributed by atoms with Crippen molar-refractivity contribution >= 4 is 29.4 Å². The summed E-state index contributed by atoms with van der Waals surface area (Å²) in [6.45, 7) is 9.83. The van der Waals surface area contributed by atoms with Gasteiger partial charge in [-0.3, -0.25) is 0 Å². The number of fused-ring (bicyclic) bond motifs is 1. The number of benzene rings is 1. The summed E-state index contributed by atoms with van der Waals surface area (Å²) in [6.07, 6.45) is 3.03. The average molecular weight is 422 g/mol. The van der Waals surface area contributed by atoms with Gasteiger partial charge in [0.25, 0.3) is 0 Å². The Morgan fingerprint density at radius 3 is 2.45 bits per heavy atom. The molecule has 7 heteroatoms. The maximum Gasteiger partial charge on any atom is 0.408 e. The maximum atomic E-state index is 12.6. The molecule has 4 unspecified atom stereocenters. The monoisotopic (exact) mass is 421 g/mol. The van der Waals surface area contributed by atoms with Gasteiger partial charge in [-0.1, -0.05) is 37.6 Å². The van der Waals surface area contributed by atoms with E-state index in [9.17, 15) is 9.59 Å². The van der Waals surface area contributed by atoms with Gasteiger partial charge in [0.05, 0.1) is 16.2 Å². The second kappa shape index (κ2) is 7.71. The number of para-hydroxylation sites is 1. The lowest BCUT2D eigenvalue weighted by Gasteiger charge is -2.39. The van der Waals surface area contributed by atoms with Crippen molar-refractivity contribution < 1.29 is 14.3 Å². The van der Waals surface area contributed by atoms with Crippen LogP contribution in [0.2, 0.25) is 5.02 Å². The number of alkyl carbamates (subject to hydrolysis) is 1. The number of hydrogen-bond donors (Lipinski definition) is 3. The average Bonchev–Trinajstić information content (AvgIpc) is 3.32. The van der Waals surface area contributed by atoms with Gasteiger partial charge >= 0.3 is 12.1 Å². The lowest BCUT2D eigenvalue weighted by atomic mass is 9.77. The minimum absolute atomic E-state index is 0.000985. The van der Waals surface area contributed by atoms with Crippen molar-refractivity contribution in [1.29, 1.82) is 0 Å². The molecule has 0 heterocycles. The molecule has 2 aliphatic carbocycles. The van der Waals surface area contributed by atoms with Gasteiger partial charge < -0.3 is 20.7 Å².